The molecule has 0 aliphatic rings. The quantitative estimate of drug-likeness (QED) is 0.878. The van der Waals surface area contributed by atoms with E-state index < -0.39 is 16.6 Å². The number of halogens is 2. The molecule has 0 amide bonds. The first-order valence-electron chi connectivity index (χ1n) is 5.66. The molecule has 0 radical (unpaired) electrons. The van der Waals surface area contributed by atoms with Crippen molar-refractivity contribution < 1.29 is 8.60 Å². The van der Waals surface area contributed by atoms with Gasteiger partial charge in [0.05, 0.1) is 21.4 Å². The first-order chi connectivity index (χ1) is 8.97. The third kappa shape index (κ3) is 3.33. The van der Waals surface area contributed by atoms with Gasteiger partial charge in [0.2, 0.25) is 0 Å². The van der Waals surface area contributed by atoms with Gasteiger partial charge in [-0.2, -0.15) is 0 Å². The van der Waals surface area contributed by atoms with Crippen molar-refractivity contribution in [2.75, 3.05) is 5.73 Å². The molecule has 0 aliphatic carbocycles. The number of rotatable bonds is 3. The Balaban J connectivity index is 2.28. The number of nitrogen functional groups attached to an aromatic ring is 1. The molecule has 0 saturated carbocycles. The van der Waals surface area contributed by atoms with Gasteiger partial charge in [-0.3, -0.25) is 4.21 Å². The lowest BCUT2D eigenvalue weighted by Crippen LogP contribution is -2.02. The third-order valence-electron chi connectivity index (χ3n) is 2.72. The Hall–Kier alpha value is -1.39. The van der Waals surface area contributed by atoms with Gasteiger partial charge in [-0.1, -0.05) is 23.7 Å². The van der Waals surface area contributed by atoms with Crippen LogP contribution in [0.1, 0.15) is 11.1 Å². The number of benzene rings is 2. The van der Waals surface area contributed by atoms with Crippen molar-refractivity contribution in [3.63, 3.8) is 0 Å². The molecular formula is C14H13ClFNOS. The molecule has 0 fully saturated rings. The molecule has 2 nitrogen and oxygen atoms in total. The average molecular weight is 298 g/mol. The Bertz CT molecular complexity index is 645. The molecule has 2 N–H and O–H groups in total. The summed E-state index contributed by atoms with van der Waals surface area (Å²) in [6, 6.07) is 9.45. The summed E-state index contributed by atoms with van der Waals surface area (Å²) < 4.78 is 25.2. The highest BCUT2D eigenvalue weighted by atomic mass is 35.5. The number of anilines is 1. The van der Waals surface area contributed by atoms with Gasteiger partial charge in [0.15, 0.2) is 0 Å². The van der Waals surface area contributed by atoms with Crippen molar-refractivity contribution in [1.29, 1.82) is 0 Å². The highest BCUT2D eigenvalue weighted by molar-refractivity contribution is 7.84. The maximum absolute atomic E-state index is 12.9. The lowest BCUT2D eigenvalue weighted by atomic mass is 10.2. The number of hydrogen-bond acceptors (Lipinski definition) is 2. The zero-order chi connectivity index (χ0) is 14.0. The second-order valence-corrected chi connectivity index (χ2v) is 6.09. The standard InChI is InChI=1S/C14H13ClFNOS/c1-9-2-5-13(17)14(6-9)19(18)8-10-3-4-11(16)7-12(10)15/h2-7H,8,17H2,1H3. The van der Waals surface area contributed by atoms with Crippen LogP contribution in [0.25, 0.3) is 0 Å². The van der Waals surface area contributed by atoms with E-state index in [1.54, 1.807) is 18.2 Å². The van der Waals surface area contributed by atoms with Crippen LogP contribution in [-0.4, -0.2) is 4.21 Å². The smallest absolute Gasteiger partial charge is 0.124 e. The van der Waals surface area contributed by atoms with Crippen LogP contribution in [0.5, 0.6) is 0 Å². The molecule has 0 heterocycles. The Morgan fingerprint density at radius 1 is 1.26 bits per heavy atom. The monoisotopic (exact) mass is 297 g/mol. The maximum Gasteiger partial charge on any atom is 0.124 e. The van der Waals surface area contributed by atoms with E-state index in [2.05, 4.69) is 0 Å². The van der Waals surface area contributed by atoms with Gasteiger partial charge in [0.1, 0.15) is 5.82 Å². The summed E-state index contributed by atoms with van der Waals surface area (Å²) in [5, 5.41) is 0.277. The van der Waals surface area contributed by atoms with Gasteiger partial charge in [-0.05, 0) is 42.3 Å². The lowest BCUT2D eigenvalue weighted by Gasteiger charge is -2.08. The van der Waals surface area contributed by atoms with E-state index in [1.165, 1.54) is 12.1 Å². The molecule has 0 aliphatic heterocycles. The van der Waals surface area contributed by atoms with Crippen LogP contribution in [-0.2, 0) is 16.6 Å². The summed E-state index contributed by atoms with van der Waals surface area (Å²) in [5.41, 5.74) is 7.94. The first kappa shape index (κ1) is 14.0. The van der Waals surface area contributed by atoms with Gasteiger partial charge in [0.25, 0.3) is 0 Å². The molecule has 19 heavy (non-hydrogen) atoms. The molecule has 2 aromatic carbocycles. The Morgan fingerprint density at radius 3 is 2.68 bits per heavy atom. The number of nitrogens with two attached hydrogens (primary N) is 1. The van der Waals surface area contributed by atoms with Crippen LogP contribution in [0.2, 0.25) is 5.02 Å². The number of hydrogen-bond donors (Lipinski definition) is 1. The second-order valence-electron chi connectivity index (χ2n) is 4.27. The lowest BCUT2D eigenvalue weighted by molar-refractivity contribution is 0.627. The van der Waals surface area contributed by atoms with Gasteiger partial charge in [-0.15, -0.1) is 0 Å². The second kappa shape index (κ2) is 5.72. The van der Waals surface area contributed by atoms with Crippen LogP contribution in [0, 0.1) is 12.7 Å². The Morgan fingerprint density at radius 2 is 2.00 bits per heavy atom. The van der Waals surface area contributed by atoms with Gasteiger partial charge in [0, 0.05) is 10.7 Å². The molecule has 2 aromatic rings. The van der Waals surface area contributed by atoms with Crippen molar-refractivity contribution in [2.45, 2.75) is 17.6 Å². The zero-order valence-electron chi connectivity index (χ0n) is 10.3. The summed E-state index contributed by atoms with van der Waals surface area (Å²) >= 11 is 5.93. The molecular weight excluding hydrogens is 285 g/mol. The predicted molar refractivity (Wildman–Crippen MR) is 77.1 cm³/mol. The van der Waals surface area contributed by atoms with Gasteiger partial charge >= 0.3 is 0 Å². The van der Waals surface area contributed by atoms with E-state index in [0.717, 1.165) is 5.56 Å². The molecule has 2 rings (SSSR count). The van der Waals surface area contributed by atoms with Crippen LogP contribution >= 0.6 is 11.6 Å². The summed E-state index contributed by atoms with van der Waals surface area (Å²) in [7, 11) is -1.31. The first-order valence-corrected chi connectivity index (χ1v) is 7.35. The van der Waals surface area contributed by atoms with Gasteiger partial charge in [-0.25, -0.2) is 4.39 Å². The molecule has 0 bridgehead atoms. The van der Waals surface area contributed by atoms with Gasteiger partial charge < -0.3 is 5.73 Å². The molecule has 1 atom stereocenters. The van der Waals surface area contributed by atoms with E-state index in [-0.39, 0.29) is 10.8 Å². The van der Waals surface area contributed by atoms with Crippen LogP contribution < -0.4 is 5.73 Å². The zero-order valence-corrected chi connectivity index (χ0v) is 11.9. The highest BCUT2D eigenvalue weighted by Crippen LogP contribution is 2.24. The van der Waals surface area contributed by atoms with E-state index in [4.69, 9.17) is 17.3 Å². The van der Waals surface area contributed by atoms with E-state index in [0.29, 0.717) is 16.1 Å². The Kier molecular flexibility index (Phi) is 4.22. The summed E-state index contributed by atoms with van der Waals surface area (Å²) in [4.78, 5) is 0.584. The van der Waals surface area contributed by atoms with E-state index in [9.17, 15) is 8.60 Å². The third-order valence-corrected chi connectivity index (χ3v) is 4.49. The molecule has 5 heteroatoms. The SMILES string of the molecule is Cc1ccc(N)c(S(=O)Cc2ccc(F)cc2Cl)c1. The highest BCUT2D eigenvalue weighted by Gasteiger charge is 2.11. The molecule has 1 unspecified atom stereocenters. The van der Waals surface area contributed by atoms with Crippen LogP contribution in [0.3, 0.4) is 0 Å². The predicted octanol–water partition coefficient (Wildman–Crippen LogP) is 3.68. The minimum atomic E-state index is -1.31. The normalized spacial score (nSPS) is 12.4. The maximum atomic E-state index is 12.9. The number of aryl methyl sites for hydroxylation is 1. The van der Waals surface area contributed by atoms with E-state index in [1.807, 2.05) is 13.0 Å². The van der Waals surface area contributed by atoms with Crippen molar-refractivity contribution in [1.82, 2.24) is 0 Å². The summed E-state index contributed by atoms with van der Waals surface area (Å²) in [5.74, 6) is -0.193. The van der Waals surface area contributed by atoms with Crippen molar-refractivity contribution in [2.24, 2.45) is 0 Å². The molecule has 100 valence electrons. The largest absolute Gasteiger partial charge is 0.398 e. The summed E-state index contributed by atoms with van der Waals surface area (Å²) in [6.07, 6.45) is 0. The molecule has 0 saturated heterocycles. The fraction of sp³-hybridized carbons (Fsp3) is 0.143. The van der Waals surface area contributed by atoms with Crippen LogP contribution in [0.4, 0.5) is 10.1 Å². The van der Waals surface area contributed by atoms with E-state index >= 15 is 0 Å². The van der Waals surface area contributed by atoms with Crippen LogP contribution in [0.15, 0.2) is 41.3 Å². The van der Waals surface area contributed by atoms with Crippen molar-refractivity contribution >= 4 is 28.1 Å². The van der Waals surface area contributed by atoms with Crippen molar-refractivity contribution in [3.05, 3.63) is 58.4 Å². The minimum absolute atomic E-state index is 0.215. The summed E-state index contributed by atoms with van der Waals surface area (Å²) in [6.45, 7) is 1.91. The topological polar surface area (TPSA) is 43.1 Å². The Labute approximate surface area is 118 Å². The molecule has 0 spiro atoms. The average Bonchev–Trinajstić information content (AvgIpc) is 2.35. The van der Waals surface area contributed by atoms with Crippen molar-refractivity contribution in [3.8, 4) is 0 Å². The minimum Gasteiger partial charge on any atom is -0.398 e. The fourth-order valence-corrected chi connectivity index (χ4v) is 3.35. The fourth-order valence-electron chi connectivity index (χ4n) is 1.70. The molecule has 0 aromatic heterocycles.